The number of fused-ring (bicyclic) bond motifs is 1. The second-order valence-electron chi connectivity index (χ2n) is 11.1. The molecule has 3 atom stereocenters. The third-order valence-electron chi connectivity index (χ3n) is 8.36. The van der Waals surface area contributed by atoms with Crippen molar-refractivity contribution in [2.45, 2.75) is 82.8 Å². The zero-order chi connectivity index (χ0) is 25.9. The number of H-pyrrole nitrogens is 1. The number of pyridine rings is 2. The Morgan fingerprint density at radius 2 is 2.00 bits per heavy atom. The minimum Gasteiger partial charge on any atom is -0.378 e. The second-order valence-corrected chi connectivity index (χ2v) is 11.1. The Hall–Kier alpha value is -3.39. The number of aromatic amines is 1. The first-order valence-electron chi connectivity index (χ1n) is 14.1. The average molecular weight is 513 g/mol. The van der Waals surface area contributed by atoms with Gasteiger partial charge in [0.05, 0.1) is 18.1 Å². The topological polar surface area (TPSA) is 98.6 Å². The largest absolute Gasteiger partial charge is 0.378 e. The number of hydrogen-bond acceptors (Lipinski definition) is 6. The van der Waals surface area contributed by atoms with Gasteiger partial charge in [0.2, 0.25) is 0 Å². The van der Waals surface area contributed by atoms with Crippen molar-refractivity contribution in [3.63, 3.8) is 0 Å². The first-order valence-corrected chi connectivity index (χ1v) is 14.1. The van der Waals surface area contributed by atoms with Crippen LogP contribution in [0.1, 0.15) is 85.8 Å². The maximum Gasteiger partial charge on any atom is 0.252 e. The molecule has 38 heavy (non-hydrogen) atoms. The van der Waals surface area contributed by atoms with E-state index in [4.69, 9.17) is 4.74 Å². The summed E-state index contributed by atoms with van der Waals surface area (Å²) in [4.78, 5) is 21.3. The lowest BCUT2D eigenvalue weighted by Crippen LogP contribution is -2.30. The molecule has 1 N–H and O–H groups in total. The van der Waals surface area contributed by atoms with Crippen LogP contribution in [0, 0.1) is 12.8 Å². The Bertz CT molecular complexity index is 1420. The number of nitrogens with one attached hydrogen (secondary N) is 1. The molecule has 0 bridgehead atoms. The number of ether oxygens (including phenoxy) is 1. The van der Waals surface area contributed by atoms with Crippen LogP contribution in [0.15, 0.2) is 53.6 Å². The van der Waals surface area contributed by atoms with Crippen molar-refractivity contribution in [2.75, 3.05) is 6.61 Å². The zero-order valence-electron chi connectivity index (χ0n) is 22.1. The predicted molar refractivity (Wildman–Crippen MR) is 146 cm³/mol. The van der Waals surface area contributed by atoms with Crippen LogP contribution >= 0.6 is 0 Å². The Kier molecular flexibility index (Phi) is 7.31. The van der Waals surface area contributed by atoms with Crippen molar-refractivity contribution in [1.29, 1.82) is 0 Å². The molecule has 0 radical (unpaired) electrons. The summed E-state index contributed by atoms with van der Waals surface area (Å²) in [5.74, 6) is 0.588. The molecule has 8 heteroatoms. The second kappa shape index (κ2) is 11.2. The van der Waals surface area contributed by atoms with E-state index in [9.17, 15) is 4.79 Å². The van der Waals surface area contributed by atoms with Gasteiger partial charge in [0.25, 0.3) is 5.56 Å². The number of nitrogens with zero attached hydrogens (tertiary/aromatic N) is 5. The number of tetrazole rings is 1. The van der Waals surface area contributed by atoms with Crippen LogP contribution in [0.25, 0.3) is 10.9 Å². The highest BCUT2D eigenvalue weighted by atomic mass is 16.5. The molecule has 4 heterocycles. The van der Waals surface area contributed by atoms with E-state index >= 15 is 0 Å². The van der Waals surface area contributed by atoms with Gasteiger partial charge < -0.3 is 9.72 Å². The number of rotatable bonds is 8. The summed E-state index contributed by atoms with van der Waals surface area (Å²) in [5.41, 5.74) is 3.79. The van der Waals surface area contributed by atoms with Gasteiger partial charge in [-0.2, -0.15) is 0 Å². The maximum atomic E-state index is 13.8. The lowest BCUT2D eigenvalue weighted by molar-refractivity contribution is 0.0860. The average Bonchev–Trinajstić information content (AvgIpc) is 3.63. The van der Waals surface area contributed by atoms with E-state index in [1.807, 2.05) is 29.1 Å². The predicted octanol–water partition coefficient (Wildman–Crippen LogP) is 5.28. The van der Waals surface area contributed by atoms with Crippen LogP contribution in [0.2, 0.25) is 0 Å². The molecular weight excluding hydrogens is 476 g/mol. The van der Waals surface area contributed by atoms with E-state index in [0.29, 0.717) is 0 Å². The maximum absolute atomic E-state index is 13.8. The van der Waals surface area contributed by atoms with E-state index in [0.717, 1.165) is 78.5 Å². The monoisotopic (exact) mass is 512 g/mol. The quantitative estimate of drug-likeness (QED) is 0.345. The fourth-order valence-corrected chi connectivity index (χ4v) is 6.50. The fraction of sp³-hybridized carbons (Fsp3) is 0.500. The molecule has 0 unspecified atom stereocenters. The molecule has 4 aromatic rings. The number of hydrogen-bond donors (Lipinski definition) is 1. The molecule has 3 aromatic heterocycles. The highest BCUT2D eigenvalue weighted by Gasteiger charge is 2.36. The van der Waals surface area contributed by atoms with Crippen LogP contribution in [-0.2, 0) is 11.2 Å². The van der Waals surface area contributed by atoms with Gasteiger partial charge in [0, 0.05) is 30.1 Å². The standard InChI is InChI=1S/C30H36N6O2/c1-20-11-12-27-22(15-20)18-26(30(37)32-27)28(29-33-34-35-36(29)24-8-3-2-4-9-24)23(17-25-10-6-14-38-25)16-21-7-5-13-31-19-21/h5,7,11-13,15,18-19,23-25,28H,2-4,6,8-10,14,16-17H2,1H3,(H,32,37)/t23-,25-,28-/m0/s1. The molecular formula is C30H36N6O2. The lowest BCUT2D eigenvalue weighted by Gasteiger charge is -2.30. The molecule has 1 aromatic carbocycles. The van der Waals surface area contributed by atoms with Gasteiger partial charge in [0.15, 0.2) is 5.82 Å². The van der Waals surface area contributed by atoms with Crippen LogP contribution in [0.5, 0.6) is 0 Å². The Balaban J connectivity index is 1.50. The molecule has 2 aliphatic rings. The molecule has 6 rings (SSSR count). The third kappa shape index (κ3) is 5.27. The number of benzene rings is 1. The van der Waals surface area contributed by atoms with Crippen molar-refractivity contribution >= 4 is 10.9 Å². The van der Waals surface area contributed by atoms with Crippen molar-refractivity contribution in [3.8, 4) is 0 Å². The molecule has 2 fully saturated rings. The molecule has 1 saturated carbocycles. The Morgan fingerprint density at radius 3 is 2.79 bits per heavy atom. The summed E-state index contributed by atoms with van der Waals surface area (Å²) >= 11 is 0. The summed E-state index contributed by atoms with van der Waals surface area (Å²) in [7, 11) is 0. The molecule has 198 valence electrons. The molecule has 8 nitrogen and oxygen atoms in total. The summed E-state index contributed by atoms with van der Waals surface area (Å²) in [6.07, 6.45) is 13.4. The molecule has 0 spiro atoms. The number of aromatic nitrogens is 6. The van der Waals surface area contributed by atoms with Crippen LogP contribution in [0.3, 0.4) is 0 Å². The smallest absolute Gasteiger partial charge is 0.252 e. The van der Waals surface area contributed by atoms with E-state index < -0.39 is 0 Å². The summed E-state index contributed by atoms with van der Waals surface area (Å²) in [6.45, 7) is 2.87. The van der Waals surface area contributed by atoms with Crippen LogP contribution < -0.4 is 5.56 Å². The first kappa shape index (κ1) is 24.9. The SMILES string of the molecule is Cc1ccc2[nH]c(=O)c([C@@H](c3nnnn3C3CCCCC3)[C@@H](Cc3cccnc3)C[C@@H]3CCCO3)cc2c1. The zero-order valence-corrected chi connectivity index (χ0v) is 22.1. The highest BCUT2D eigenvalue weighted by molar-refractivity contribution is 5.79. The first-order chi connectivity index (χ1) is 18.7. The summed E-state index contributed by atoms with van der Waals surface area (Å²) < 4.78 is 8.16. The fourth-order valence-electron chi connectivity index (χ4n) is 6.50. The summed E-state index contributed by atoms with van der Waals surface area (Å²) in [6, 6.07) is 12.6. The molecule has 1 aliphatic heterocycles. The molecule has 0 amide bonds. The van der Waals surface area contributed by atoms with Crippen LogP contribution in [0.4, 0.5) is 0 Å². The van der Waals surface area contributed by atoms with Crippen molar-refractivity contribution in [2.24, 2.45) is 5.92 Å². The van der Waals surface area contributed by atoms with Crippen molar-refractivity contribution in [1.82, 2.24) is 30.2 Å². The van der Waals surface area contributed by atoms with Gasteiger partial charge in [-0.3, -0.25) is 9.78 Å². The molecule has 1 saturated heterocycles. The van der Waals surface area contributed by atoms with E-state index in [1.54, 1.807) is 6.20 Å². The highest BCUT2D eigenvalue weighted by Crippen LogP contribution is 2.39. The minimum absolute atomic E-state index is 0.0685. The Labute approximate surface area is 222 Å². The van der Waals surface area contributed by atoms with Crippen LogP contribution in [-0.4, -0.2) is 42.9 Å². The van der Waals surface area contributed by atoms with Gasteiger partial charge in [0.1, 0.15) is 0 Å². The van der Waals surface area contributed by atoms with E-state index in [2.05, 4.69) is 50.6 Å². The van der Waals surface area contributed by atoms with Gasteiger partial charge in [-0.15, -0.1) is 5.10 Å². The van der Waals surface area contributed by atoms with E-state index in [-0.39, 0.29) is 29.5 Å². The van der Waals surface area contributed by atoms with Crippen molar-refractivity contribution in [3.05, 3.63) is 81.7 Å². The van der Waals surface area contributed by atoms with Gasteiger partial charge in [-0.1, -0.05) is 37.0 Å². The summed E-state index contributed by atoms with van der Waals surface area (Å²) in [5, 5.41) is 14.4. The molecule has 1 aliphatic carbocycles. The Morgan fingerprint density at radius 1 is 1.11 bits per heavy atom. The van der Waals surface area contributed by atoms with Crippen molar-refractivity contribution < 1.29 is 4.74 Å². The van der Waals surface area contributed by atoms with Gasteiger partial charge in [-0.05, 0) is 97.0 Å². The van der Waals surface area contributed by atoms with E-state index in [1.165, 1.54) is 19.3 Å². The number of aryl methyl sites for hydroxylation is 1. The van der Waals surface area contributed by atoms with Gasteiger partial charge >= 0.3 is 0 Å². The van der Waals surface area contributed by atoms with Gasteiger partial charge in [-0.25, -0.2) is 4.68 Å². The normalized spacial score (nSPS) is 20.1. The third-order valence-corrected chi connectivity index (χ3v) is 8.36. The lowest BCUT2D eigenvalue weighted by atomic mass is 9.78. The minimum atomic E-state index is -0.273.